The predicted molar refractivity (Wildman–Crippen MR) is 230 cm³/mol. The van der Waals surface area contributed by atoms with Crippen molar-refractivity contribution in [1.29, 1.82) is 0 Å². The molecule has 2 bridgehead atoms. The molecule has 0 unspecified atom stereocenters. The zero-order chi connectivity index (χ0) is 46.9. The highest BCUT2D eigenvalue weighted by Crippen LogP contribution is 2.66. The van der Waals surface area contributed by atoms with Crippen molar-refractivity contribution in [3.8, 4) is 0 Å². The molecule has 1 amide bonds. The van der Waals surface area contributed by atoms with Crippen molar-refractivity contribution in [2.75, 3.05) is 33.4 Å². The molecule has 8 rings (SSSR count). The van der Waals surface area contributed by atoms with Gasteiger partial charge in [0.25, 0.3) is 0 Å². The summed E-state index contributed by atoms with van der Waals surface area (Å²) in [6.07, 6.45) is -6.39. The minimum atomic E-state index is -2.08. The van der Waals surface area contributed by atoms with E-state index in [0.717, 1.165) is 0 Å². The maximum absolute atomic E-state index is 14.5. The Bertz CT molecular complexity index is 2160. The number of likely N-dealkylation sites (tertiary alicyclic amines) is 1. The number of alkyl carbamates (subject to hydrolysis) is 1. The Labute approximate surface area is 379 Å². The fourth-order valence-corrected chi connectivity index (χ4v) is 11.5. The van der Waals surface area contributed by atoms with Gasteiger partial charge >= 0.3 is 24.0 Å². The molecule has 3 N–H and O–H groups in total. The van der Waals surface area contributed by atoms with E-state index in [9.17, 15) is 29.4 Å². The minimum Gasteiger partial charge on any atom is -0.456 e. The van der Waals surface area contributed by atoms with Crippen LogP contribution in [0.2, 0.25) is 0 Å². The lowest BCUT2D eigenvalue weighted by atomic mass is 9.45. The van der Waals surface area contributed by atoms with Gasteiger partial charge in [0, 0.05) is 57.1 Å². The summed E-state index contributed by atoms with van der Waals surface area (Å²) in [5.41, 5.74) is -5.13. The molecule has 6 aliphatic rings. The van der Waals surface area contributed by atoms with Crippen LogP contribution < -0.4 is 5.32 Å². The number of amides is 1. The number of pyridine rings is 1. The van der Waals surface area contributed by atoms with Crippen molar-refractivity contribution >= 4 is 24.0 Å². The molecule has 3 aliphatic carbocycles. The normalized spacial score (nSPS) is 35.0. The fourth-order valence-electron chi connectivity index (χ4n) is 11.5. The molecule has 5 fully saturated rings. The third kappa shape index (κ3) is 8.35. The van der Waals surface area contributed by atoms with Crippen LogP contribution in [-0.2, 0) is 47.5 Å². The van der Waals surface area contributed by atoms with Crippen molar-refractivity contribution in [2.24, 2.45) is 16.7 Å². The van der Waals surface area contributed by atoms with Gasteiger partial charge in [-0.2, -0.15) is 0 Å². The van der Waals surface area contributed by atoms with Gasteiger partial charge in [-0.3, -0.25) is 14.7 Å². The van der Waals surface area contributed by atoms with E-state index in [-0.39, 0.29) is 30.4 Å². The molecule has 2 aromatic rings. The number of hydrogen-bond donors (Lipinski definition) is 3. The molecule has 4 heterocycles. The molecular formula is C48H63N3O14. The summed E-state index contributed by atoms with van der Waals surface area (Å²) in [6.45, 7) is 15.6. The molecule has 12 atom stereocenters. The van der Waals surface area contributed by atoms with Gasteiger partial charge in [0.05, 0.1) is 36.0 Å². The molecule has 1 aromatic carbocycles. The number of nitrogens with zero attached hydrogens (tertiary/aromatic N) is 2. The number of carbonyl (C=O) groups is 4. The van der Waals surface area contributed by atoms with Crippen LogP contribution in [0.15, 0.2) is 65.9 Å². The number of aromatic nitrogens is 1. The first-order valence-corrected chi connectivity index (χ1v) is 22.5. The number of esters is 3. The number of nitrogens with one attached hydrogen (secondary N) is 1. The minimum absolute atomic E-state index is 0.0346. The summed E-state index contributed by atoms with van der Waals surface area (Å²) >= 11 is 0. The fraction of sp³-hybridized carbons (Fsp3) is 0.646. The first kappa shape index (κ1) is 47.0. The zero-order valence-corrected chi connectivity index (χ0v) is 38.6. The largest absolute Gasteiger partial charge is 0.456 e. The molecule has 65 heavy (non-hydrogen) atoms. The molecular weight excluding hydrogens is 843 g/mol. The monoisotopic (exact) mass is 905 g/mol. The highest BCUT2D eigenvalue weighted by molar-refractivity contribution is 5.89. The van der Waals surface area contributed by atoms with Gasteiger partial charge in [0.2, 0.25) is 0 Å². The van der Waals surface area contributed by atoms with Gasteiger partial charge in [-0.15, -0.1) is 0 Å². The van der Waals surface area contributed by atoms with E-state index in [0.29, 0.717) is 43.6 Å². The van der Waals surface area contributed by atoms with Gasteiger partial charge < -0.3 is 53.4 Å². The van der Waals surface area contributed by atoms with Gasteiger partial charge in [0.1, 0.15) is 41.7 Å². The molecule has 17 heteroatoms. The number of rotatable bonds is 11. The van der Waals surface area contributed by atoms with Crippen LogP contribution in [0.4, 0.5) is 4.79 Å². The van der Waals surface area contributed by atoms with Crippen LogP contribution in [-0.4, -0.2) is 143 Å². The van der Waals surface area contributed by atoms with Crippen LogP contribution in [0, 0.1) is 16.7 Å². The highest BCUT2D eigenvalue weighted by Gasteiger charge is 2.77. The molecule has 354 valence electrons. The van der Waals surface area contributed by atoms with Gasteiger partial charge in [0.15, 0.2) is 18.0 Å². The summed E-state index contributed by atoms with van der Waals surface area (Å²) in [4.78, 5) is 61.7. The lowest BCUT2D eigenvalue weighted by molar-refractivity contribution is -0.345. The number of hydrogen-bond acceptors (Lipinski definition) is 16. The molecule has 2 saturated carbocycles. The summed E-state index contributed by atoms with van der Waals surface area (Å²) in [6, 6.07) is 11.8. The highest BCUT2D eigenvalue weighted by atomic mass is 16.7. The molecule has 0 spiro atoms. The zero-order valence-electron chi connectivity index (χ0n) is 38.6. The SMILES string of the molecule is COC1CN(C[C@@H]2O[C@@H]3C4=C(C)[C@@H](OC(=O)[C@H](O)[C@@H](NC(=O)OC(C)(C)C)c5ccccn5)C[C@@](O)([C@@H](OC(=O)c5ccccc5)[C@H]5[C@@](C)(CC[C@H]6OC[C@]65OC(C)=O)[C@@H]3O2)C4(C)C)C1. The average molecular weight is 906 g/mol. The second-order valence-corrected chi connectivity index (χ2v) is 20.3. The summed E-state index contributed by atoms with van der Waals surface area (Å²) in [5, 5.41) is 28.4. The van der Waals surface area contributed by atoms with E-state index in [4.69, 9.17) is 37.9 Å². The van der Waals surface area contributed by atoms with Gasteiger partial charge in [-0.1, -0.05) is 45.0 Å². The van der Waals surface area contributed by atoms with Crippen molar-refractivity contribution in [1.82, 2.24) is 15.2 Å². The van der Waals surface area contributed by atoms with Gasteiger partial charge in [-0.25, -0.2) is 14.4 Å². The Morgan fingerprint density at radius 2 is 1.72 bits per heavy atom. The molecule has 17 nitrogen and oxygen atoms in total. The molecule has 0 radical (unpaired) electrons. The maximum Gasteiger partial charge on any atom is 0.408 e. The van der Waals surface area contributed by atoms with E-state index in [1.165, 1.54) is 13.1 Å². The van der Waals surface area contributed by atoms with E-state index in [2.05, 4.69) is 15.2 Å². The van der Waals surface area contributed by atoms with Crippen LogP contribution in [0.5, 0.6) is 0 Å². The molecule has 1 aromatic heterocycles. The molecule has 3 saturated heterocycles. The topological polar surface area (TPSA) is 211 Å². The Morgan fingerprint density at radius 1 is 1.02 bits per heavy atom. The van der Waals surface area contributed by atoms with E-state index < -0.39 is 107 Å². The third-order valence-electron chi connectivity index (χ3n) is 14.7. The number of benzene rings is 1. The summed E-state index contributed by atoms with van der Waals surface area (Å²) in [7, 11) is 1.67. The quantitative estimate of drug-likeness (QED) is 0.164. The maximum atomic E-state index is 14.5. The van der Waals surface area contributed by atoms with E-state index in [1.54, 1.807) is 83.3 Å². The first-order chi connectivity index (χ1) is 30.6. The number of methoxy groups -OCH3 is 1. The van der Waals surface area contributed by atoms with E-state index in [1.807, 2.05) is 20.8 Å². The second kappa shape index (κ2) is 17.3. The van der Waals surface area contributed by atoms with Crippen LogP contribution in [0.25, 0.3) is 0 Å². The number of fused-ring (bicyclic) bond motifs is 8. The first-order valence-electron chi connectivity index (χ1n) is 22.5. The molecule has 3 aliphatic heterocycles. The van der Waals surface area contributed by atoms with Crippen molar-refractivity contribution < 1.29 is 67.3 Å². The van der Waals surface area contributed by atoms with Crippen molar-refractivity contribution in [3.63, 3.8) is 0 Å². The van der Waals surface area contributed by atoms with Crippen molar-refractivity contribution in [2.45, 2.75) is 147 Å². The van der Waals surface area contributed by atoms with Crippen LogP contribution >= 0.6 is 0 Å². The van der Waals surface area contributed by atoms with E-state index >= 15 is 0 Å². The smallest absolute Gasteiger partial charge is 0.408 e. The van der Waals surface area contributed by atoms with Gasteiger partial charge in [-0.05, 0) is 75.9 Å². The standard InChI is InChI=1S/C48H63N3O14/c1-26-31(60-42(55)36(53)35(30-17-13-14-20-49-30)50-43(56)65-44(3,4)5)21-48(57)40(63-41(54)28-15-11-10-12-16-28)38-46(8,19-18-32-47(38,25-59-32)64-27(2)52)39-37(34(26)45(48,6)7)61-33(62-39)24-51-22-29(23-51)58-9/h10-17,20,29,31-33,35-40,53,57H,18-19,21-25H2,1-9H3,(H,50,56)/t31-,32+,33+,35-,36+,37+,38-,39+,40-,46+,47-,48+/m0/s1. The summed E-state index contributed by atoms with van der Waals surface area (Å²) in [5.74, 6) is -3.38. The summed E-state index contributed by atoms with van der Waals surface area (Å²) < 4.78 is 50.6. The Hall–Kier alpha value is -4.49. The lowest BCUT2D eigenvalue weighted by Crippen LogP contribution is -2.79. The number of ether oxygens (including phenoxy) is 8. The van der Waals surface area contributed by atoms with Crippen LogP contribution in [0.3, 0.4) is 0 Å². The predicted octanol–water partition coefficient (Wildman–Crippen LogP) is 4.19. The number of aliphatic hydroxyl groups excluding tert-OH is 1. The Morgan fingerprint density at radius 3 is 2.34 bits per heavy atom. The Kier molecular flexibility index (Phi) is 12.5. The van der Waals surface area contributed by atoms with Crippen LogP contribution in [0.1, 0.15) is 96.7 Å². The second-order valence-electron chi connectivity index (χ2n) is 20.3. The third-order valence-corrected chi connectivity index (χ3v) is 14.7. The van der Waals surface area contributed by atoms with Crippen molar-refractivity contribution in [3.05, 3.63) is 77.1 Å². The lowest BCUT2D eigenvalue weighted by Gasteiger charge is -2.68. The number of aliphatic hydroxyl groups is 2. The Balaban J connectivity index is 1.25. The average Bonchev–Trinajstić information content (AvgIpc) is 3.64. The number of carbonyl (C=O) groups excluding carboxylic acids is 4.